The van der Waals surface area contributed by atoms with Crippen LogP contribution >= 0.6 is 0 Å². The molecule has 2 heterocycles. The van der Waals surface area contributed by atoms with Crippen molar-refractivity contribution < 1.29 is 13.9 Å². The van der Waals surface area contributed by atoms with Gasteiger partial charge in [-0.1, -0.05) is 0 Å². The molecule has 5 nitrogen and oxygen atoms in total. The fraction of sp³-hybridized carbons (Fsp3) is 0.429. The molecule has 0 spiro atoms. The van der Waals surface area contributed by atoms with Gasteiger partial charge in [0, 0.05) is 18.7 Å². The van der Waals surface area contributed by atoms with Gasteiger partial charge in [-0.2, -0.15) is 0 Å². The van der Waals surface area contributed by atoms with E-state index in [1.807, 2.05) is 0 Å². The van der Waals surface area contributed by atoms with Crippen LogP contribution in [0, 0.1) is 5.82 Å². The van der Waals surface area contributed by atoms with Gasteiger partial charge in [0.25, 0.3) is 0 Å². The first kappa shape index (κ1) is 13.2. The minimum Gasteiger partial charge on any atom is -0.419 e. The molecule has 6 heteroatoms. The second-order valence-corrected chi connectivity index (χ2v) is 5.02. The lowest BCUT2D eigenvalue weighted by molar-refractivity contribution is 0.0752. The van der Waals surface area contributed by atoms with Crippen molar-refractivity contribution in [2.45, 2.75) is 25.5 Å². The predicted octanol–water partition coefficient (Wildman–Crippen LogP) is 1.83. The third kappa shape index (κ3) is 3.02. The second kappa shape index (κ2) is 5.68. The summed E-state index contributed by atoms with van der Waals surface area (Å²) in [4.78, 5) is 2.18. The monoisotopic (exact) mass is 277 g/mol. The van der Waals surface area contributed by atoms with E-state index < -0.39 is 0 Å². The highest BCUT2D eigenvalue weighted by Gasteiger charge is 2.19. The summed E-state index contributed by atoms with van der Waals surface area (Å²) >= 11 is 0. The Kier molecular flexibility index (Phi) is 3.75. The first-order valence-electron chi connectivity index (χ1n) is 6.69. The smallest absolute Gasteiger partial charge is 0.247 e. The quantitative estimate of drug-likeness (QED) is 0.927. The van der Waals surface area contributed by atoms with Crippen LogP contribution in [0.4, 0.5) is 4.39 Å². The van der Waals surface area contributed by atoms with Crippen LogP contribution in [-0.2, 0) is 6.54 Å². The van der Waals surface area contributed by atoms with Crippen molar-refractivity contribution in [3.05, 3.63) is 36.0 Å². The van der Waals surface area contributed by atoms with Gasteiger partial charge in [-0.15, -0.1) is 10.2 Å². The molecule has 1 fully saturated rings. The number of aliphatic hydroxyl groups is 1. The maximum absolute atomic E-state index is 12.9. The molecule has 1 aromatic heterocycles. The van der Waals surface area contributed by atoms with E-state index >= 15 is 0 Å². The van der Waals surface area contributed by atoms with Crippen molar-refractivity contribution in [3.8, 4) is 11.5 Å². The van der Waals surface area contributed by atoms with Crippen LogP contribution in [0.15, 0.2) is 28.7 Å². The molecule has 0 unspecified atom stereocenters. The van der Waals surface area contributed by atoms with Gasteiger partial charge in [-0.3, -0.25) is 4.90 Å². The third-order valence-corrected chi connectivity index (χ3v) is 3.47. The highest BCUT2D eigenvalue weighted by Crippen LogP contribution is 2.19. The Labute approximate surface area is 116 Å². The number of rotatable bonds is 3. The number of nitrogens with zero attached hydrogens (tertiary/aromatic N) is 3. The molecule has 0 atom stereocenters. The minimum absolute atomic E-state index is 0.191. The van der Waals surface area contributed by atoms with Crippen LogP contribution in [-0.4, -0.2) is 39.4 Å². The maximum Gasteiger partial charge on any atom is 0.247 e. The molecule has 106 valence electrons. The molecule has 0 saturated carbocycles. The Hall–Kier alpha value is -1.79. The molecule has 0 bridgehead atoms. The summed E-state index contributed by atoms with van der Waals surface area (Å²) in [6.45, 7) is 2.24. The van der Waals surface area contributed by atoms with Crippen LogP contribution < -0.4 is 0 Å². The van der Waals surface area contributed by atoms with Crippen LogP contribution in [0.3, 0.4) is 0 Å². The first-order chi connectivity index (χ1) is 9.70. The zero-order chi connectivity index (χ0) is 13.9. The molecule has 0 aliphatic carbocycles. The summed E-state index contributed by atoms with van der Waals surface area (Å²) in [5.41, 5.74) is 0.708. The number of hydrogen-bond donors (Lipinski definition) is 1. The van der Waals surface area contributed by atoms with Gasteiger partial charge in [-0.05, 0) is 37.1 Å². The summed E-state index contributed by atoms with van der Waals surface area (Å²) < 4.78 is 18.4. The molecule has 3 rings (SSSR count). The Morgan fingerprint density at radius 1 is 1.20 bits per heavy atom. The normalized spacial score (nSPS) is 17.5. The molecule has 1 aliphatic heterocycles. The molecule has 0 amide bonds. The molecule has 1 N–H and O–H groups in total. The largest absolute Gasteiger partial charge is 0.419 e. The topological polar surface area (TPSA) is 62.4 Å². The number of piperidine rings is 1. The van der Waals surface area contributed by atoms with Crippen LogP contribution in [0.25, 0.3) is 11.5 Å². The average molecular weight is 277 g/mol. The highest BCUT2D eigenvalue weighted by atomic mass is 19.1. The van der Waals surface area contributed by atoms with Gasteiger partial charge in [0.05, 0.1) is 12.6 Å². The molecule has 1 saturated heterocycles. The zero-order valence-corrected chi connectivity index (χ0v) is 11.0. The number of aliphatic hydroxyl groups excluding tert-OH is 1. The second-order valence-electron chi connectivity index (χ2n) is 5.02. The third-order valence-electron chi connectivity index (χ3n) is 3.47. The van der Waals surface area contributed by atoms with Gasteiger partial charge < -0.3 is 9.52 Å². The van der Waals surface area contributed by atoms with Gasteiger partial charge >= 0.3 is 0 Å². The van der Waals surface area contributed by atoms with E-state index in [1.54, 1.807) is 12.1 Å². The number of aromatic nitrogens is 2. The molecule has 20 heavy (non-hydrogen) atoms. The number of benzene rings is 1. The maximum atomic E-state index is 12.9. The van der Waals surface area contributed by atoms with E-state index in [1.165, 1.54) is 12.1 Å². The Morgan fingerprint density at radius 3 is 2.60 bits per heavy atom. The highest BCUT2D eigenvalue weighted by molar-refractivity contribution is 5.51. The lowest BCUT2D eigenvalue weighted by atomic mass is 10.1. The number of halogens is 1. The van der Waals surface area contributed by atoms with Gasteiger partial charge in [-0.25, -0.2) is 4.39 Å². The summed E-state index contributed by atoms with van der Waals surface area (Å²) in [6.07, 6.45) is 1.36. The zero-order valence-electron chi connectivity index (χ0n) is 11.0. The van der Waals surface area contributed by atoms with E-state index in [-0.39, 0.29) is 11.9 Å². The van der Waals surface area contributed by atoms with Crippen molar-refractivity contribution in [1.82, 2.24) is 15.1 Å². The van der Waals surface area contributed by atoms with Gasteiger partial charge in [0.1, 0.15) is 5.82 Å². The summed E-state index contributed by atoms with van der Waals surface area (Å²) in [7, 11) is 0. The molecular formula is C14H16FN3O2. The first-order valence-corrected chi connectivity index (χ1v) is 6.69. The molecule has 1 aromatic carbocycles. The Morgan fingerprint density at radius 2 is 1.90 bits per heavy atom. The Balaban J connectivity index is 1.66. The van der Waals surface area contributed by atoms with E-state index in [0.29, 0.717) is 23.9 Å². The van der Waals surface area contributed by atoms with Crippen LogP contribution in [0.1, 0.15) is 18.7 Å². The van der Waals surface area contributed by atoms with E-state index in [0.717, 1.165) is 25.9 Å². The predicted molar refractivity (Wildman–Crippen MR) is 70.2 cm³/mol. The lowest BCUT2D eigenvalue weighted by Crippen LogP contribution is -2.35. The van der Waals surface area contributed by atoms with Crippen molar-refractivity contribution in [2.24, 2.45) is 0 Å². The van der Waals surface area contributed by atoms with E-state index in [4.69, 9.17) is 4.42 Å². The number of likely N-dealkylation sites (tertiary alicyclic amines) is 1. The fourth-order valence-corrected chi connectivity index (χ4v) is 2.30. The van der Waals surface area contributed by atoms with Gasteiger partial charge in [0.15, 0.2) is 0 Å². The van der Waals surface area contributed by atoms with Crippen molar-refractivity contribution in [2.75, 3.05) is 13.1 Å². The molecule has 2 aromatic rings. The molecular weight excluding hydrogens is 261 g/mol. The number of hydrogen-bond acceptors (Lipinski definition) is 5. The SMILES string of the molecule is OC1CCN(Cc2nnc(-c3ccc(F)cc3)o2)CC1. The van der Waals surface area contributed by atoms with Crippen molar-refractivity contribution in [3.63, 3.8) is 0 Å². The van der Waals surface area contributed by atoms with Crippen LogP contribution in [0.2, 0.25) is 0 Å². The van der Waals surface area contributed by atoms with E-state index in [2.05, 4.69) is 15.1 Å². The van der Waals surface area contributed by atoms with Gasteiger partial charge in [0.2, 0.25) is 11.8 Å². The molecule has 0 radical (unpaired) electrons. The minimum atomic E-state index is -0.291. The lowest BCUT2D eigenvalue weighted by Gasteiger charge is -2.27. The van der Waals surface area contributed by atoms with Crippen LogP contribution in [0.5, 0.6) is 0 Å². The summed E-state index contributed by atoms with van der Waals surface area (Å²) in [5, 5.41) is 17.5. The van der Waals surface area contributed by atoms with E-state index in [9.17, 15) is 9.50 Å². The van der Waals surface area contributed by atoms with Crippen molar-refractivity contribution in [1.29, 1.82) is 0 Å². The average Bonchev–Trinajstić information content (AvgIpc) is 2.91. The summed E-state index contributed by atoms with van der Waals surface area (Å²) in [5.74, 6) is 0.651. The molecule has 1 aliphatic rings. The van der Waals surface area contributed by atoms with Crippen molar-refractivity contribution >= 4 is 0 Å². The fourth-order valence-electron chi connectivity index (χ4n) is 2.30. The summed E-state index contributed by atoms with van der Waals surface area (Å²) in [6, 6.07) is 5.96. The standard InChI is InChI=1S/C14H16FN3O2/c15-11-3-1-10(2-4-11)14-17-16-13(20-14)9-18-7-5-12(19)6-8-18/h1-4,12,19H,5-9H2. The Bertz CT molecular complexity index is 562.